The van der Waals surface area contributed by atoms with E-state index >= 15 is 0 Å². The molecule has 0 atom stereocenters. The number of halogens is 3. The highest BCUT2D eigenvalue weighted by Crippen LogP contribution is 2.31. The van der Waals surface area contributed by atoms with Crippen LogP contribution in [0.2, 0.25) is 5.28 Å². The molecule has 0 unspecified atom stereocenters. The Hall–Kier alpha value is -2.38. The van der Waals surface area contributed by atoms with Crippen molar-refractivity contribution in [2.24, 2.45) is 0 Å². The normalized spacial score (nSPS) is 10.9. The van der Waals surface area contributed by atoms with Crippen LogP contribution in [0.25, 0.3) is 11.3 Å². The van der Waals surface area contributed by atoms with E-state index in [9.17, 15) is 8.78 Å². The van der Waals surface area contributed by atoms with Gasteiger partial charge in [0.25, 0.3) is 0 Å². The molecule has 0 amide bonds. The second-order valence-corrected chi connectivity index (χ2v) is 8.17. The fraction of sp³-hybridized carbons (Fsp3) is 0.304. The fourth-order valence-electron chi connectivity index (χ4n) is 3.08. The third-order valence-corrected chi connectivity index (χ3v) is 5.20. The van der Waals surface area contributed by atoms with Gasteiger partial charge in [-0.3, -0.25) is 0 Å². The molecule has 2 aromatic carbocycles. The second-order valence-electron chi connectivity index (χ2n) is 6.97. The van der Waals surface area contributed by atoms with E-state index in [1.54, 1.807) is 11.8 Å². The van der Waals surface area contributed by atoms with E-state index in [0.29, 0.717) is 25.2 Å². The van der Waals surface area contributed by atoms with Crippen molar-refractivity contribution in [1.82, 2.24) is 9.97 Å². The van der Waals surface area contributed by atoms with Crippen LogP contribution in [0.15, 0.2) is 42.6 Å². The molecule has 3 rings (SSSR count). The molecule has 0 aliphatic heterocycles. The van der Waals surface area contributed by atoms with Crippen LogP contribution in [0.3, 0.4) is 0 Å². The van der Waals surface area contributed by atoms with Crippen LogP contribution in [-0.4, -0.2) is 29.4 Å². The molecule has 0 radical (unpaired) electrons. The Balaban J connectivity index is 1.54. The highest BCUT2D eigenvalue weighted by atomic mass is 35.5. The summed E-state index contributed by atoms with van der Waals surface area (Å²) in [6.07, 6.45) is 4.49. The molecule has 8 heteroatoms. The number of benzene rings is 2. The number of ether oxygens (including phenoxy) is 2. The molecule has 31 heavy (non-hydrogen) atoms. The van der Waals surface area contributed by atoms with Crippen LogP contribution in [-0.2, 0) is 5.75 Å². The van der Waals surface area contributed by atoms with Crippen molar-refractivity contribution in [3.63, 3.8) is 0 Å². The van der Waals surface area contributed by atoms with E-state index in [2.05, 4.69) is 35.3 Å². The maximum atomic E-state index is 14.1. The largest absolute Gasteiger partial charge is 0.494 e. The molecule has 1 heterocycles. The molecule has 0 aliphatic carbocycles. The van der Waals surface area contributed by atoms with Crippen molar-refractivity contribution in [2.75, 3.05) is 19.5 Å². The van der Waals surface area contributed by atoms with Gasteiger partial charge in [0.1, 0.15) is 23.0 Å². The van der Waals surface area contributed by atoms with Gasteiger partial charge in [0.05, 0.1) is 19.4 Å². The average Bonchev–Trinajstić information content (AvgIpc) is 2.72. The first kappa shape index (κ1) is 23.3. The molecule has 0 saturated carbocycles. The van der Waals surface area contributed by atoms with Crippen LogP contribution in [0, 0.1) is 18.6 Å². The molecular weight excluding hydrogens is 442 g/mol. The van der Waals surface area contributed by atoms with Gasteiger partial charge in [-0.2, -0.15) is 11.8 Å². The van der Waals surface area contributed by atoms with E-state index in [1.165, 1.54) is 29.3 Å². The zero-order valence-corrected chi connectivity index (χ0v) is 18.9. The van der Waals surface area contributed by atoms with E-state index in [-0.39, 0.29) is 16.7 Å². The highest BCUT2D eigenvalue weighted by Gasteiger charge is 2.15. The van der Waals surface area contributed by atoms with Gasteiger partial charge in [-0.05, 0) is 73.0 Å². The van der Waals surface area contributed by atoms with E-state index < -0.39 is 11.6 Å². The van der Waals surface area contributed by atoms with Crippen LogP contribution in [0.5, 0.6) is 11.5 Å². The third kappa shape index (κ3) is 6.80. The summed E-state index contributed by atoms with van der Waals surface area (Å²) in [6.45, 7) is 2.91. The molecule has 0 bridgehead atoms. The monoisotopic (exact) mass is 464 g/mol. The van der Waals surface area contributed by atoms with Gasteiger partial charge in [-0.25, -0.2) is 18.7 Å². The summed E-state index contributed by atoms with van der Waals surface area (Å²) >= 11 is 7.55. The van der Waals surface area contributed by atoms with Gasteiger partial charge in [0.2, 0.25) is 5.28 Å². The lowest BCUT2D eigenvalue weighted by molar-refractivity contribution is 0.266. The van der Waals surface area contributed by atoms with Gasteiger partial charge >= 0.3 is 0 Å². The number of thioether (sulfide) groups is 1. The summed E-state index contributed by atoms with van der Waals surface area (Å²) in [5, 5.41) is -0.0966. The SMILES string of the molecule is CSCc1cc(C)cc(OCCCCOc2cc(F)ccc2-c2nc(Cl)ncc2F)c1. The van der Waals surface area contributed by atoms with Gasteiger partial charge in [0, 0.05) is 17.4 Å². The minimum atomic E-state index is -0.659. The Morgan fingerprint density at radius 3 is 2.58 bits per heavy atom. The minimum absolute atomic E-state index is 0.0289. The number of aryl methyl sites for hydroxylation is 1. The van der Waals surface area contributed by atoms with Gasteiger partial charge < -0.3 is 9.47 Å². The standard InChI is InChI=1S/C23H23ClF2N2O2S/c1-15-9-16(14-31-2)11-18(10-15)29-7-3-4-8-30-21-12-17(25)5-6-19(21)22-20(26)13-27-23(24)28-22/h5-6,9-13H,3-4,7-8,14H2,1-2H3. The Bertz CT molecular complexity index is 1040. The molecule has 164 valence electrons. The molecule has 0 aliphatic rings. The molecular formula is C23H23ClF2N2O2S. The first-order chi connectivity index (χ1) is 15.0. The molecule has 0 spiro atoms. The van der Waals surface area contributed by atoms with Crippen molar-refractivity contribution in [3.8, 4) is 22.8 Å². The predicted octanol–water partition coefficient (Wildman–Crippen LogP) is 6.48. The zero-order chi connectivity index (χ0) is 22.2. The van der Waals surface area contributed by atoms with Crippen molar-refractivity contribution >= 4 is 23.4 Å². The zero-order valence-electron chi connectivity index (χ0n) is 17.3. The highest BCUT2D eigenvalue weighted by molar-refractivity contribution is 7.97. The molecule has 1 aromatic heterocycles. The van der Waals surface area contributed by atoms with Crippen molar-refractivity contribution in [3.05, 3.63) is 70.6 Å². The first-order valence-corrected chi connectivity index (χ1v) is 11.6. The molecule has 0 N–H and O–H groups in total. The lowest BCUT2D eigenvalue weighted by Crippen LogP contribution is -2.04. The first-order valence-electron chi connectivity index (χ1n) is 9.79. The van der Waals surface area contributed by atoms with Crippen LogP contribution in [0.1, 0.15) is 24.0 Å². The number of hydrogen-bond donors (Lipinski definition) is 0. The van der Waals surface area contributed by atoms with E-state index in [0.717, 1.165) is 24.1 Å². The molecule has 4 nitrogen and oxygen atoms in total. The predicted molar refractivity (Wildman–Crippen MR) is 121 cm³/mol. The average molecular weight is 465 g/mol. The fourth-order valence-corrected chi connectivity index (χ4v) is 3.71. The van der Waals surface area contributed by atoms with Crippen LogP contribution >= 0.6 is 23.4 Å². The smallest absolute Gasteiger partial charge is 0.223 e. The molecule has 0 saturated heterocycles. The summed E-state index contributed by atoms with van der Waals surface area (Å²) in [4.78, 5) is 7.51. The third-order valence-electron chi connectivity index (χ3n) is 4.40. The van der Waals surface area contributed by atoms with Gasteiger partial charge in [-0.1, -0.05) is 6.07 Å². The maximum absolute atomic E-state index is 14.1. The van der Waals surface area contributed by atoms with E-state index in [4.69, 9.17) is 21.1 Å². The van der Waals surface area contributed by atoms with Crippen LogP contribution < -0.4 is 9.47 Å². The lowest BCUT2D eigenvalue weighted by atomic mass is 10.1. The minimum Gasteiger partial charge on any atom is -0.494 e. The summed E-state index contributed by atoms with van der Waals surface area (Å²) in [6, 6.07) is 10.1. The number of hydrogen-bond acceptors (Lipinski definition) is 5. The Labute approximate surface area is 190 Å². The Morgan fingerprint density at radius 1 is 1.03 bits per heavy atom. The maximum Gasteiger partial charge on any atom is 0.223 e. The quantitative estimate of drug-likeness (QED) is 0.253. The van der Waals surface area contributed by atoms with E-state index in [1.807, 2.05) is 6.07 Å². The summed E-state index contributed by atoms with van der Waals surface area (Å²) in [5.74, 6) is 0.861. The number of nitrogens with zero attached hydrogens (tertiary/aromatic N) is 2. The Morgan fingerprint density at radius 2 is 1.81 bits per heavy atom. The molecule has 3 aromatic rings. The summed E-state index contributed by atoms with van der Waals surface area (Å²) in [7, 11) is 0. The number of rotatable bonds is 10. The van der Waals surface area contributed by atoms with Crippen molar-refractivity contribution in [2.45, 2.75) is 25.5 Å². The Kier molecular flexibility index (Phi) is 8.49. The lowest BCUT2D eigenvalue weighted by Gasteiger charge is -2.13. The van der Waals surface area contributed by atoms with Crippen molar-refractivity contribution in [1.29, 1.82) is 0 Å². The van der Waals surface area contributed by atoms with Crippen molar-refractivity contribution < 1.29 is 18.3 Å². The number of unbranched alkanes of at least 4 members (excludes halogenated alkanes) is 1. The topological polar surface area (TPSA) is 44.2 Å². The summed E-state index contributed by atoms with van der Waals surface area (Å²) < 4.78 is 39.4. The van der Waals surface area contributed by atoms with Gasteiger partial charge in [-0.15, -0.1) is 0 Å². The van der Waals surface area contributed by atoms with Gasteiger partial charge in [0.15, 0.2) is 5.82 Å². The van der Waals surface area contributed by atoms with Crippen LogP contribution in [0.4, 0.5) is 8.78 Å². The number of aromatic nitrogens is 2. The second kappa shape index (κ2) is 11.3. The molecule has 0 fully saturated rings. The summed E-state index contributed by atoms with van der Waals surface area (Å²) in [5.41, 5.74) is 2.70.